The Morgan fingerprint density at radius 1 is 0.508 bits per heavy atom. The molecule has 362 valence electrons. The quantitative estimate of drug-likeness (QED) is 0.0214. The first-order chi connectivity index (χ1) is 30.6. The number of likely N-dealkylation sites (N-methyl/N-ethyl adjacent to an activating group) is 1. The number of rotatable bonds is 45. The van der Waals surface area contributed by atoms with Crippen LogP contribution < -0.4 is 0 Å². The van der Waals surface area contributed by atoms with Gasteiger partial charge in [-0.25, -0.2) is 4.57 Å². The van der Waals surface area contributed by atoms with Gasteiger partial charge < -0.3 is 18.9 Å². The number of carbonyl (C=O) groups is 1. The highest BCUT2D eigenvalue weighted by molar-refractivity contribution is 7.47. The molecule has 2 unspecified atom stereocenters. The van der Waals surface area contributed by atoms with E-state index in [4.69, 9.17) is 18.5 Å². The predicted molar refractivity (Wildman–Crippen MR) is 270 cm³/mol. The fourth-order valence-electron chi connectivity index (χ4n) is 6.29. The van der Waals surface area contributed by atoms with Crippen molar-refractivity contribution in [1.82, 2.24) is 0 Å². The molecule has 0 aromatic heterocycles. The first-order valence-electron chi connectivity index (χ1n) is 25.0. The van der Waals surface area contributed by atoms with Crippen LogP contribution in [0.3, 0.4) is 0 Å². The van der Waals surface area contributed by atoms with Gasteiger partial charge in [0.25, 0.3) is 0 Å². The molecule has 63 heavy (non-hydrogen) atoms. The molecule has 0 aromatic rings. The maximum Gasteiger partial charge on any atom is 0.472 e. The van der Waals surface area contributed by atoms with Gasteiger partial charge >= 0.3 is 13.8 Å². The number of phosphoric ester groups is 1. The van der Waals surface area contributed by atoms with Gasteiger partial charge in [-0.15, -0.1) is 0 Å². The molecule has 0 bridgehead atoms. The summed E-state index contributed by atoms with van der Waals surface area (Å²) in [6, 6.07) is 0. The average molecular weight is 901 g/mol. The number of hydrogen-bond donors (Lipinski definition) is 1. The summed E-state index contributed by atoms with van der Waals surface area (Å²) in [5, 5.41) is 0. The zero-order valence-corrected chi connectivity index (χ0v) is 41.9. The van der Waals surface area contributed by atoms with E-state index < -0.39 is 13.9 Å². The lowest BCUT2D eigenvalue weighted by atomic mass is 10.1. The molecule has 2 atom stereocenters. The van der Waals surface area contributed by atoms with Crippen LogP contribution in [0.5, 0.6) is 0 Å². The molecule has 0 fully saturated rings. The summed E-state index contributed by atoms with van der Waals surface area (Å²) in [7, 11) is 1.63. The number of quaternary nitrogens is 1. The Morgan fingerprint density at radius 2 is 0.921 bits per heavy atom. The molecular weight excluding hydrogens is 806 g/mol. The van der Waals surface area contributed by atoms with Crippen LogP contribution in [0.4, 0.5) is 0 Å². The fourth-order valence-corrected chi connectivity index (χ4v) is 7.03. The SMILES string of the molecule is CC/C=C\C/C=C\C/C=C\C/C=C\C/C=C\C/C=C\CCCCCCCCCOCC(COP(=O)(O)OCC[N+](C)(C)C)OC(=O)CCCCCCC/C=C\C/C=C\CCCCC. The third-order valence-electron chi connectivity index (χ3n) is 10.1. The number of esters is 1. The average Bonchev–Trinajstić information content (AvgIpc) is 3.24. The van der Waals surface area contributed by atoms with E-state index in [1.807, 2.05) is 21.1 Å². The zero-order valence-electron chi connectivity index (χ0n) is 41.0. The van der Waals surface area contributed by atoms with Crippen molar-refractivity contribution in [3.63, 3.8) is 0 Å². The first-order valence-corrected chi connectivity index (χ1v) is 26.5. The van der Waals surface area contributed by atoms with Crippen molar-refractivity contribution < 1.29 is 37.3 Å². The van der Waals surface area contributed by atoms with E-state index in [1.54, 1.807) is 0 Å². The van der Waals surface area contributed by atoms with Gasteiger partial charge in [-0.1, -0.05) is 175 Å². The van der Waals surface area contributed by atoms with E-state index in [0.717, 1.165) is 109 Å². The minimum atomic E-state index is -4.29. The molecule has 8 nitrogen and oxygen atoms in total. The summed E-state index contributed by atoms with van der Waals surface area (Å²) < 4.78 is 35.1. The summed E-state index contributed by atoms with van der Waals surface area (Å²) in [5.74, 6) is -0.336. The highest BCUT2D eigenvalue weighted by atomic mass is 31.2. The summed E-state index contributed by atoms with van der Waals surface area (Å²) in [6.07, 6.45) is 63.1. The van der Waals surface area contributed by atoms with Gasteiger partial charge in [-0.2, -0.15) is 0 Å². The van der Waals surface area contributed by atoms with E-state index in [9.17, 15) is 14.3 Å². The minimum Gasteiger partial charge on any atom is -0.457 e. The number of carbonyl (C=O) groups excluding carboxylic acids is 1. The second-order valence-corrected chi connectivity index (χ2v) is 18.9. The highest BCUT2D eigenvalue weighted by Gasteiger charge is 2.26. The van der Waals surface area contributed by atoms with Crippen molar-refractivity contribution in [3.8, 4) is 0 Å². The van der Waals surface area contributed by atoms with Crippen LogP contribution in [0, 0.1) is 0 Å². The third kappa shape index (κ3) is 50.3. The van der Waals surface area contributed by atoms with Gasteiger partial charge in [-0.05, 0) is 96.3 Å². The van der Waals surface area contributed by atoms with E-state index >= 15 is 0 Å². The molecule has 0 aliphatic heterocycles. The van der Waals surface area contributed by atoms with Gasteiger partial charge in [0, 0.05) is 13.0 Å². The molecule has 0 rings (SSSR count). The van der Waals surface area contributed by atoms with Crippen LogP contribution in [-0.2, 0) is 27.9 Å². The molecule has 0 radical (unpaired) electrons. The Bertz CT molecular complexity index is 1320. The Morgan fingerprint density at radius 3 is 1.38 bits per heavy atom. The summed E-state index contributed by atoms with van der Waals surface area (Å²) in [5.41, 5.74) is 0. The zero-order chi connectivity index (χ0) is 46.2. The second-order valence-electron chi connectivity index (χ2n) is 17.5. The van der Waals surface area contributed by atoms with Gasteiger partial charge in [0.15, 0.2) is 0 Å². The topological polar surface area (TPSA) is 91.3 Å². The van der Waals surface area contributed by atoms with E-state index in [2.05, 4.69) is 111 Å². The van der Waals surface area contributed by atoms with E-state index in [0.29, 0.717) is 24.1 Å². The van der Waals surface area contributed by atoms with Crippen molar-refractivity contribution in [2.24, 2.45) is 0 Å². The van der Waals surface area contributed by atoms with Crippen LogP contribution in [0.25, 0.3) is 0 Å². The normalized spacial score (nSPS) is 14.4. The molecule has 0 aliphatic rings. The maximum atomic E-state index is 12.7. The third-order valence-corrected chi connectivity index (χ3v) is 11.1. The van der Waals surface area contributed by atoms with E-state index in [-0.39, 0.29) is 25.8 Å². The Hall–Kier alpha value is -2.58. The monoisotopic (exact) mass is 901 g/mol. The molecule has 1 N–H and O–H groups in total. The largest absolute Gasteiger partial charge is 0.472 e. The number of allylic oxidation sites excluding steroid dienone is 16. The lowest BCUT2D eigenvalue weighted by Gasteiger charge is -2.24. The lowest BCUT2D eigenvalue weighted by molar-refractivity contribution is -0.870. The van der Waals surface area contributed by atoms with Crippen LogP contribution in [0.15, 0.2) is 97.2 Å². The summed E-state index contributed by atoms with van der Waals surface area (Å²) >= 11 is 0. The molecule has 9 heteroatoms. The summed E-state index contributed by atoms with van der Waals surface area (Å²) in [4.78, 5) is 23.0. The van der Waals surface area contributed by atoms with Crippen molar-refractivity contribution in [2.45, 2.75) is 187 Å². The van der Waals surface area contributed by atoms with Gasteiger partial charge in [-0.3, -0.25) is 13.8 Å². The number of nitrogens with zero attached hydrogens (tertiary/aromatic N) is 1. The number of phosphoric acid groups is 1. The fraction of sp³-hybridized carbons (Fsp3) is 0.685. The Balaban J connectivity index is 4.20. The molecular formula is C54H95NO7P+. The van der Waals surface area contributed by atoms with Gasteiger partial charge in [0.1, 0.15) is 19.3 Å². The number of hydrogen-bond acceptors (Lipinski definition) is 6. The van der Waals surface area contributed by atoms with Gasteiger partial charge in [0.2, 0.25) is 0 Å². The molecule has 0 aromatic carbocycles. The minimum absolute atomic E-state index is 0.0779. The van der Waals surface area contributed by atoms with Crippen LogP contribution in [0.1, 0.15) is 181 Å². The Labute approximate surface area is 387 Å². The van der Waals surface area contributed by atoms with E-state index in [1.165, 1.54) is 51.4 Å². The van der Waals surface area contributed by atoms with Crippen molar-refractivity contribution in [2.75, 3.05) is 54.1 Å². The molecule has 0 saturated carbocycles. The second kappa shape index (κ2) is 46.0. The van der Waals surface area contributed by atoms with Crippen LogP contribution in [-0.4, -0.2) is 75.6 Å². The van der Waals surface area contributed by atoms with Crippen molar-refractivity contribution >= 4 is 13.8 Å². The van der Waals surface area contributed by atoms with Crippen molar-refractivity contribution in [1.29, 1.82) is 0 Å². The smallest absolute Gasteiger partial charge is 0.457 e. The lowest BCUT2D eigenvalue weighted by Crippen LogP contribution is -2.37. The molecule has 0 aliphatic carbocycles. The highest BCUT2D eigenvalue weighted by Crippen LogP contribution is 2.43. The Kier molecular flexibility index (Phi) is 44.1. The van der Waals surface area contributed by atoms with Crippen LogP contribution >= 0.6 is 7.82 Å². The molecule has 0 spiro atoms. The molecule has 0 heterocycles. The maximum absolute atomic E-state index is 12.7. The summed E-state index contributed by atoms with van der Waals surface area (Å²) in [6.45, 7) is 5.41. The van der Waals surface area contributed by atoms with Crippen molar-refractivity contribution in [3.05, 3.63) is 97.2 Å². The number of ether oxygens (including phenoxy) is 2. The molecule has 0 saturated heterocycles. The first kappa shape index (κ1) is 60.4. The predicted octanol–water partition coefficient (Wildman–Crippen LogP) is 15.4. The van der Waals surface area contributed by atoms with Crippen LogP contribution in [0.2, 0.25) is 0 Å². The van der Waals surface area contributed by atoms with Gasteiger partial charge in [0.05, 0.1) is 34.4 Å². The molecule has 0 amide bonds. The standard InChI is InChI=1S/C54H94NO7P/c1-6-8-10-12-14-16-18-20-22-23-24-25-26-27-28-29-30-31-32-34-36-38-40-42-44-46-49-59-51-53(52-61-63(57,58)60-50-48-55(3,4)5)62-54(56)47-45-43-41-39-37-35-33-21-19-17-15-13-11-9-7-2/h8,10,14-17,20-22,24-25,27-28,30-31,33,53H,6-7,9,11-13,18-19,23,26,29,32,34-52H2,1-5H3/p+1/b10-8-,16-14-,17-15-,22-20-,25-24-,28-27-,31-30-,33-21-. The number of unbranched alkanes of at least 4 members (excludes halogenated alkanes) is 15.